The van der Waals surface area contributed by atoms with Gasteiger partial charge < -0.3 is 14.0 Å². The van der Waals surface area contributed by atoms with Crippen LogP contribution in [0.25, 0.3) is 27.8 Å². The standard InChI is InChI=1S/C33H29N3O5S/c1-4-40-28(37)19-35-18-22(24-14-8-9-16-26(24)35)17-27-31(38)36-30(25-15-10-12-21-11-6-7-13-23(21)25)29(32(39)41-5-2)20(3)34-33(36)42-27/h6-18,30H,4-5,19H2,1-3H3/b27-17+/t30-/m0/s1. The molecule has 9 heteroatoms. The fraction of sp³-hybridized carbons (Fsp3) is 0.212. The van der Waals surface area contributed by atoms with Gasteiger partial charge in [-0.3, -0.25) is 14.2 Å². The Kier molecular flexibility index (Phi) is 7.34. The molecule has 2 aromatic heterocycles. The first-order valence-electron chi connectivity index (χ1n) is 13.8. The predicted octanol–water partition coefficient (Wildman–Crippen LogP) is 4.47. The number of thiazole rings is 1. The van der Waals surface area contributed by atoms with E-state index >= 15 is 0 Å². The third kappa shape index (κ3) is 4.75. The van der Waals surface area contributed by atoms with Gasteiger partial charge >= 0.3 is 11.9 Å². The Hall–Kier alpha value is -4.76. The molecular weight excluding hydrogens is 550 g/mol. The van der Waals surface area contributed by atoms with Gasteiger partial charge in [-0.15, -0.1) is 0 Å². The quantitative estimate of drug-likeness (QED) is 0.266. The van der Waals surface area contributed by atoms with Gasteiger partial charge in [-0.05, 0) is 49.2 Å². The average molecular weight is 580 g/mol. The van der Waals surface area contributed by atoms with E-state index in [9.17, 15) is 14.4 Å². The van der Waals surface area contributed by atoms with Gasteiger partial charge in [0.25, 0.3) is 5.56 Å². The van der Waals surface area contributed by atoms with E-state index in [-0.39, 0.29) is 24.7 Å². The summed E-state index contributed by atoms with van der Waals surface area (Å²) in [7, 11) is 0. The Bertz CT molecular complexity index is 2080. The molecular formula is C33H29N3O5S. The summed E-state index contributed by atoms with van der Waals surface area (Å²) in [4.78, 5) is 45.0. The highest BCUT2D eigenvalue weighted by atomic mass is 32.1. The fourth-order valence-electron chi connectivity index (χ4n) is 5.58. The summed E-state index contributed by atoms with van der Waals surface area (Å²) < 4.78 is 14.5. The number of nitrogens with zero attached hydrogens (tertiary/aromatic N) is 3. The summed E-state index contributed by atoms with van der Waals surface area (Å²) in [5.41, 5.74) is 3.09. The van der Waals surface area contributed by atoms with E-state index in [0.717, 1.165) is 32.8 Å². The number of hydrogen-bond acceptors (Lipinski definition) is 7. The van der Waals surface area contributed by atoms with Crippen LogP contribution in [0.5, 0.6) is 0 Å². The van der Waals surface area contributed by atoms with Crippen LogP contribution in [0.1, 0.15) is 37.9 Å². The highest BCUT2D eigenvalue weighted by Gasteiger charge is 2.34. The van der Waals surface area contributed by atoms with Gasteiger partial charge in [0, 0.05) is 22.7 Å². The zero-order chi connectivity index (χ0) is 29.4. The van der Waals surface area contributed by atoms with Crippen molar-refractivity contribution < 1.29 is 19.1 Å². The van der Waals surface area contributed by atoms with Crippen LogP contribution < -0.4 is 14.9 Å². The molecule has 1 atom stereocenters. The lowest BCUT2D eigenvalue weighted by Gasteiger charge is -2.25. The van der Waals surface area contributed by atoms with Crippen molar-refractivity contribution in [1.29, 1.82) is 0 Å². The number of esters is 2. The second kappa shape index (κ2) is 11.3. The van der Waals surface area contributed by atoms with Gasteiger partial charge in [-0.25, -0.2) is 9.79 Å². The van der Waals surface area contributed by atoms with Crippen LogP contribution in [-0.4, -0.2) is 34.3 Å². The van der Waals surface area contributed by atoms with E-state index in [2.05, 4.69) is 0 Å². The van der Waals surface area contributed by atoms with E-state index in [0.29, 0.717) is 27.2 Å². The van der Waals surface area contributed by atoms with E-state index in [1.54, 1.807) is 25.3 Å². The molecule has 3 heterocycles. The Morgan fingerprint density at radius 2 is 1.67 bits per heavy atom. The highest BCUT2D eigenvalue weighted by molar-refractivity contribution is 7.07. The summed E-state index contributed by atoms with van der Waals surface area (Å²) in [6, 6.07) is 20.8. The highest BCUT2D eigenvalue weighted by Crippen LogP contribution is 2.35. The van der Waals surface area contributed by atoms with Crippen LogP contribution in [0.2, 0.25) is 0 Å². The van der Waals surface area contributed by atoms with Crippen molar-refractivity contribution in [2.45, 2.75) is 33.4 Å². The molecule has 0 saturated heterocycles. The average Bonchev–Trinajstić information content (AvgIpc) is 3.48. The van der Waals surface area contributed by atoms with Crippen molar-refractivity contribution in [2.75, 3.05) is 13.2 Å². The molecule has 1 aliphatic heterocycles. The Labute approximate surface area is 245 Å². The number of rotatable bonds is 7. The molecule has 0 saturated carbocycles. The zero-order valence-electron chi connectivity index (χ0n) is 23.5. The molecule has 0 fully saturated rings. The normalized spacial score (nSPS) is 15.1. The van der Waals surface area contributed by atoms with Crippen molar-refractivity contribution in [3.63, 3.8) is 0 Å². The Morgan fingerprint density at radius 1 is 0.952 bits per heavy atom. The van der Waals surface area contributed by atoms with E-state index < -0.39 is 12.0 Å². The van der Waals surface area contributed by atoms with Crippen molar-refractivity contribution in [3.8, 4) is 0 Å². The molecule has 0 bridgehead atoms. The van der Waals surface area contributed by atoms with Crippen LogP contribution in [0.3, 0.4) is 0 Å². The van der Waals surface area contributed by atoms with Crippen LogP contribution in [0.4, 0.5) is 0 Å². The van der Waals surface area contributed by atoms with Crippen molar-refractivity contribution in [2.24, 2.45) is 4.99 Å². The van der Waals surface area contributed by atoms with Crippen molar-refractivity contribution >= 4 is 51.0 Å². The lowest BCUT2D eigenvalue weighted by atomic mass is 9.91. The molecule has 0 amide bonds. The third-order valence-corrected chi connectivity index (χ3v) is 8.33. The predicted molar refractivity (Wildman–Crippen MR) is 163 cm³/mol. The summed E-state index contributed by atoms with van der Waals surface area (Å²) >= 11 is 1.27. The second-order valence-electron chi connectivity index (χ2n) is 9.91. The summed E-state index contributed by atoms with van der Waals surface area (Å²) in [5.74, 6) is -0.825. The van der Waals surface area contributed by atoms with Gasteiger partial charge in [0.05, 0.1) is 35.1 Å². The summed E-state index contributed by atoms with van der Waals surface area (Å²) in [6.45, 7) is 5.89. The van der Waals surface area contributed by atoms with Crippen molar-refractivity contribution in [1.82, 2.24) is 9.13 Å². The van der Waals surface area contributed by atoms with Gasteiger partial charge in [0.1, 0.15) is 6.54 Å². The Balaban J connectivity index is 1.57. The van der Waals surface area contributed by atoms with Gasteiger partial charge in [-0.2, -0.15) is 0 Å². The molecule has 0 spiro atoms. The van der Waals surface area contributed by atoms with Gasteiger partial charge in [0.15, 0.2) is 4.80 Å². The fourth-order valence-corrected chi connectivity index (χ4v) is 6.62. The first-order valence-corrected chi connectivity index (χ1v) is 14.6. The molecule has 6 rings (SSSR count). The first kappa shape index (κ1) is 27.4. The number of aromatic nitrogens is 2. The maximum absolute atomic E-state index is 14.2. The first-order chi connectivity index (χ1) is 20.4. The molecule has 0 unspecified atom stereocenters. The van der Waals surface area contributed by atoms with E-state index in [4.69, 9.17) is 14.5 Å². The number of carbonyl (C=O) groups is 2. The largest absolute Gasteiger partial charge is 0.465 e. The monoisotopic (exact) mass is 579 g/mol. The number of allylic oxidation sites excluding steroid dienone is 1. The zero-order valence-corrected chi connectivity index (χ0v) is 24.3. The van der Waals surface area contributed by atoms with E-state index in [1.165, 1.54) is 11.3 Å². The molecule has 0 radical (unpaired) electrons. The topological polar surface area (TPSA) is 91.9 Å². The lowest BCUT2D eigenvalue weighted by Crippen LogP contribution is -2.40. The van der Waals surface area contributed by atoms with Crippen LogP contribution in [0.15, 0.2) is 94.0 Å². The smallest absolute Gasteiger partial charge is 0.338 e. The second-order valence-corrected chi connectivity index (χ2v) is 10.9. The number of benzene rings is 3. The molecule has 8 nitrogen and oxygen atoms in total. The molecule has 1 aliphatic rings. The van der Waals surface area contributed by atoms with Crippen LogP contribution >= 0.6 is 11.3 Å². The minimum atomic E-state index is -0.710. The van der Waals surface area contributed by atoms with Gasteiger partial charge in [-0.1, -0.05) is 72.0 Å². The summed E-state index contributed by atoms with van der Waals surface area (Å²) in [6.07, 6.45) is 3.69. The van der Waals surface area contributed by atoms with Crippen LogP contribution in [-0.2, 0) is 25.6 Å². The Morgan fingerprint density at radius 3 is 2.45 bits per heavy atom. The summed E-state index contributed by atoms with van der Waals surface area (Å²) in [5, 5.41) is 2.85. The maximum atomic E-state index is 14.2. The number of ether oxygens (including phenoxy) is 2. The van der Waals surface area contributed by atoms with E-state index in [1.807, 2.05) is 83.6 Å². The SMILES string of the molecule is CCOC(=O)Cn1cc(/C=c2/sc3n(c2=O)[C@@H](c2cccc4ccccc24)C(C(=O)OCC)=C(C)N=3)c2ccccc21. The minimum Gasteiger partial charge on any atom is -0.465 e. The van der Waals surface area contributed by atoms with Crippen LogP contribution in [0, 0.1) is 0 Å². The van der Waals surface area contributed by atoms with Gasteiger partial charge in [0.2, 0.25) is 0 Å². The molecule has 42 heavy (non-hydrogen) atoms. The maximum Gasteiger partial charge on any atom is 0.338 e. The molecule has 212 valence electrons. The lowest BCUT2D eigenvalue weighted by molar-refractivity contribution is -0.143. The number of para-hydroxylation sites is 1. The molecule has 3 aromatic carbocycles. The number of carbonyl (C=O) groups excluding carboxylic acids is 2. The molecule has 0 N–H and O–H groups in total. The number of fused-ring (bicyclic) bond motifs is 3. The number of hydrogen-bond donors (Lipinski definition) is 0. The third-order valence-electron chi connectivity index (χ3n) is 7.35. The molecule has 5 aromatic rings. The molecule has 0 aliphatic carbocycles. The van der Waals surface area contributed by atoms with Crippen molar-refractivity contribution in [3.05, 3.63) is 115 Å². The minimum absolute atomic E-state index is 0.0621.